The zero-order valence-electron chi connectivity index (χ0n) is 14.1. The highest BCUT2D eigenvalue weighted by atomic mass is 16.5. The van der Waals surface area contributed by atoms with Crippen LogP contribution in [-0.2, 0) is 11.3 Å². The van der Waals surface area contributed by atoms with Crippen LogP contribution in [0, 0.1) is 0 Å². The molecule has 1 aromatic carbocycles. The Morgan fingerprint density at radius 3 is 2.50 bits per heavy atom. The molecule has 24 heavy (non-hydrogen) atoms. The molecule has 0 bridgehead atoms. The largest absolute Gasteiger partial charge is 0.479 e. The van der Waals surface area contributed by atoms with E-state index in [1.807, 2.05) is 42.2 Å². The zero-order valence-corrected chi connectivity index (χ0v) is 14.1. The summed E-state index contributed by atoms with van der Waals surface area (Å²) in [6.07, 6.45) is 1.55. The van der Waals surface area contributed by atoms with Crippen molar-refractivity contribution in [2.24, 2.45) is 0 Å². The van der Waals surface area contributed by atoms with E-state index in [0.29, 0.717) is 44.0 Å². The highest BCUT2D eigenvalue weighted by molar-refractivity contribution is 5.23. The third-order valence-corrected chi connectivity index (χ3v) is 5.01. The van der Waals surface area contributed by atoms with Gasteiger partial charge < -0.3 is 19.5 Å². The fourth-order valence-corrected chi connectivity index (χ4v) is 3.38. The molecular weight excluding hydrogens is 308 g/mol. The van der Waals surface area contributed by atoms with Crippen molar-refractivity contribution in [1.29, 1.82) is 0 Å². The lowest BCUT2D eigenvalue weighted by Gasteiger charge is -2.44. The summed E-state index contributed by atoms with van der Waals surface area (Å²) >= 11 is 0. The van der Waals surface area contributed by atoms with Crippen molar-refractivity contribution in [3.8, 4) is 5.88 Å². The lowest BCUT2D eigenvalue weighted by Crippen LogP contribution is -2.52. The maximum Gasteiger partial charge on any atom is 0.254 e. The van der Waals surface area contributed by atoms with Crippen LogP contribution < -0.4 is 4.74 Å². The van der Waals surface area contributed by atoms with Gasteiger partial charge in [0.2, 0.25) is 0 Å². The summed E-state index contributed by atoms with van der Waals surface area (Å²) in [7, 11) is 1.51. The molecule has 2 N–H and O–H groups in total. The normalized spacial score (nSPS) is 20.5. The van der Waals surface area contributed by atoms with Crippen LogP contribution in [0.25, 0.3) is 0 Å². The molecule has 0 aliphatic carbocycles. The van der Waals surface area contributed by atoms with Crippen LogP contribution in [0.3, 0.4) is 0 Å². The van der Waals surface area contributed by atoms with E-state index < -0.39 is 11.3 Å². The van der Waals surface area contributed by atoms with Crippen molar-refractivity contribution in [3.05, 3.63) is 47.7 Å². The van der Waals surface area contributed by atoms with Crippen LogP contribution in [0.15, 0.2) is 40.9 Å². The molecule has 1 unspecified atom stereocenters. The predicted molar refractivity (Wildman–Crippen MR) is 88.4 cm³/mol. The van der Waals surface area contributed by atoms with E-state index in [1.54, 1.807) is 6.07 Å². The van der Waals surface area contributed by atoms with Gasteiger partial charge in [0.1, 0.15) is 0 Å². The topological polar surface area (TPSA) is 79.0 Å². The molecule has 1 aromatic heterocycles. The number of hydrogen-bond acceptors (Lipinski definition) is 6. The molecule has 130 valence electrons. The summed E-state index contributed by atoms with van der Waals surface area (Å²) in [5.41, 5.74) is -1.18. The molecule has 6 heteroatoms. The third-order valence-electron chi connectivity index (χ3n) is 5.01. The van der Waals surface area contributed by atoms with Gasteiger partial charge in [0.05, 0.1) is 12.7 Å². The Morgan fingerprint density at radius 1 is 1.29 bits per heavy atom. The molecular formula is C18H24N2O4. The molecule has 6 nitrogen and oxygen atoms in total. The summed E-state index contributed by atoms with van der Waals surface area (Å²) < 4.78 is 10.3. The van der Waals surface area contributed by atoms with E-state index in [0.717, 1.165) is 5.56 Å². The number of aliphatic hydroxyl groups is 2. The summed E-state index contributed by atoms with van der Waals surface area (Å²) in [6.45, 7) is 3.00. The van der Waals surface area contributed by atoms with Crippen LogP contribution in [-0.4, -0.2) is 40.5 Å². The molecule has 1 aliphatic heterocycles. The number of benzene rings is 1. The van der Waals surface area contributed by atoms with E-state index >= 15 is 0 Å². The molecule has 1 atom stereocenters. The van der Waals surface area contributed by atoms with Gasteiger partial charge in [0, 0.05) is 19.2 Å². The maximum atomic E-state index is 11.1. The minimum Gasteiger partial charge on any atom is -0.479 e. The average Bonchev–Trinajstić information content (AvgIpc) is 3.12. The lowest BCUT2D eigenvalue weighted by molar-refractivity contribution is -0.165. The standard InChI is InChI=1S/C18H24N2O4/c1-3-18(22,15-13-16(23-2)19-24-15)20-11-9-17(21,10-12-20)14-7-5-4-6-8-14/h4-8,13,21-22H,3,9-12H2,1-2H3. The Bertz CT molecular complexity index is 665. The summed E-state index contributed by atoms with van der Waals surface area (Å²) in [6, 6.07) is 11.3. The Labute approximate surface area is 141 Å². The van der Waals surface area contributed by atoms with Crippen LogP contribution in [0.4, 0.5) is 0 Å². The molecule has 1 aliphatic rings. The van der Waals surface area contributed by atoms with Crippen LogP contribution in [0.5, 0.6) is 5.88 Å². The van der Waals surface area contributed by atoms with E-state index in [9.17, 15) is 10.2 Å². The zero-order chi connectivity index (χ0) is 17.2. The fourth-order valence-electron chi connectivity index (χ4n) is 3.38. The minimum atomic E-state index is -1.25. The maximum absolute atomic E-state index is 11.1. The van der Waals surface area contributed by atoms with E-state index in [-0.39, 0.29) is 0 Å². The number of likely N-dealkylation sites (tertiary alicyclic amines) is 1. The first-order valence-corrected chi connectivity index (χ1v) is 8.28. The third kappa shape index (κ3) is 2.92. The van der Waals surface area contributed by atoms with Crippen molar-refractivity contribution in [1.82, 2.24) is 10.1 Å². The molecule has 1 fully saturated rings. The van der Waals surface area contributed by atoms with Gasteiger partial charge in [-0.25, -0.2) is 0 Å². The lowest BCUT2D eigenvalue weighted by atomic mass is 9.83. The van der Waals surface area contributed by atoms with E-state index in [4.69, 9.17) is 9.26 Å². The van der Waals surface area contributed by atoms with Crippen molar-refractivity contribution >= 4 is 0 Å². The Hall–Kier alpha value is -1.89. The quantitative estimate of drug-likeness (QED) is 0.874. The molecule has 2 aromatic rings. The van der Waals surface area contributed by atoms with Crippen LogP contribution >= 0.6 is 0 Å². The van der Waals surface area contributed by atoms with Gasteiger partial charge in [-0.05, 0) is 30.0 Å². The number of methoxy groups -OCH3 is 1. The monoisotopic (exact) mass is 332 g/mol. The number of piperidine rings is 1. The van der Waals surface area contributed by atoms with Crippen LogP contribution in [0.1, 0.15) is 37.5 Å². The van der Waals surface area contributed by atoms with E-state index in [1.165, 1.54) is 7.11 Å². The van der Waals surface area contributed by atoms with Crippen molar-refractivity contribution < 1.29 is 19.5 Å². The molecule has 0 spiro atoms. The second kappa shape index (κ2) is 6.55. The number of hydrogen-bond donors (Lipinski definition) is 2. The first kappa shape index (κ1) is 17.0. The summed E-state index contributed by atoms with van der Waals surface area (Å²) in [5.74, 6) is 0.710. The number of nitrogens with zero attached hydrogens (tertiary/aromatic N) is 2. The highest BCUT2D eigenvalue weighted by Gasteiger charge is 2.44. The van der Waals surface area contributed by atoms with Crippen molar-refractivity contribution in [3.63, 3.8) is 0 Å². The molecule has 2 heterocycles. The first-order valence-electron chi connectivity index (χ1n) is 8.28. The number of aromatic nitrogens is 1. The van der Waals surface area contributed by atoms with Gasteiger partial charge >= 0.3 is 0 Å². The molecule has 0 amide bonds. The van der Waals surface area contributed by atoms with Crippen molar-refractivity contribution in [2.75, 3.05) is 20.2 Å². The number of rotatable bonds is 5. The van der Waals surface area contributed by atoms with Gasteiger partial charge in [0.25, 0.3) is 5.88 Å². The molecule has 0 radical (unpaired) electrons. The average molecular weight is 332 g/mol. The highest BCUT2D eigenvalue weighted by Crippen LogP contribution is 2.39. The Kier molecular flexibility index (Phi) is 4.62. The SMILES string of the molecule is CCC(O)(c1cc(OC)no1)N1CCC(O)(c2ccccc2)CC1. The molecule has 0 saturated carbocycles. The van der Waals surface area contributed by atoms with Gasteiger partial charge in [-0.1, -0.05) is 37.3 Å². The van der Waals surface area contributed by atoms with Gasteiger partial charge in [-0.3, -0.25) is 4.90 Å². The molecule has 3 rings (SSSR count). The van der Waals surface area contributed by atoms with E-state index in [2.05, 4.69) is 5.16 Å². The fraction of sp³-hybridized carbons (Fsp3) is 0.500. The van der Waals surface area contributed by atoms with Gasteiger partial charge in [0.15, 0.2) is 11.5 Å². The molecule has 1 saturated heterocycles. The smallest absolute Gasteiger partial charge is 0.254 e. The second-order valence-corrected chi connectivity index (χ2v) is 6.29. The van der Waals surface area contributed by atoms with Gasteiger partial charge in [-0.2, -0.15) is 0 Å². The Morgan fingerprint density at radius 2 is 1.96 bits per heavy atom. The predicted octanol–water partition coefficient (Wildman–Crippen LogP) is 2.22. The van der Waals surface area contributed by atoms with Crippen LogP contribution in [0.2, 0.25) is 0 Å². The summed E-state index contributed by atoms with van der Waals surface area (Å²) in [4.78, 5) is 1.93. The second-order valence-electron chi connectivity index (χ2n) is 6.29. The first-order chi connectivity index (χ1) is 11.5. The minimum absolute atomic E-state index is 0.342. The van der Waals surface area contributed by atoms with Gasteiger partial charge in [-0.15, -0.1) is 0 Å². The summed E-state index contributed by atoms with van der Waals surface area (Å²) in [5, 5.41) is 25.9. The number of ether oxygens (including phenoxy) is 1. The van der Waals surface area contributed by atoms with Crippen molar-refractivity contribution in [2.45, 2.75) is 37.5 Å². The Balaban J connectivity index is 1.77.